The molecule has 1 saturated heterocycles. The second kappa shape index (κ2) is 6.51. The van der Waals surface area contributed by atoms with Gasteiger partial charge in [-0.1, -0.05) is 6.07 Å². The monoisotopic (exact) mass is 317 g/mol. The van der Waals surface area contributed by atoms with Crippen LogP contribution in [0.4, 0.5) is 0 Å². The molecule has 1 aromatic rings. The summed E-state index contributed by atoms with van der Waals surface area (Å²) in [5.74, 6) is -0.0872. The summed E-state index contributed by atoms with van der Waals surface area (Å²) in [6.07, 6.45) is 3.79. The number of carbonyl (C=O) groups excluding carboxylic acids is 3. The summed E-state index contributed by atoms with van der Waals surface area (Å²) in [5.41, 5.74) is 0.743. The number of carbonyl (C=O) groups is 3. The minimum absolute atomic E-state index is 0.182. The molecule has 0 radical (unpaired) electrons. The Balaban J connectivity index is 1.51. The molecule has 1 fully saturated rings. The predicted molar refractivity (Wildman–Crippen MR) is 78.5 cm³/mol. The molecule has 2 amide bonds. The molecule has 23 heavy (non-hydrogen) atoms. The standard InChI is InChI=1S/C16H15NO6/c18-14-2-1-7-17(14)15(19)9-21-16(20)6-4-11-3-5-12-13(8-11)23-10-22-12/h3-6,8H,1-2,7,9-10H2. The summed E-state index contributed by atoms with van der Waals surface area (Å²) in [6.45, 7) is 0.139. The number of ether oxygens (including phenoxy) is 3. The summed E-state index contributed by atoms with van der Waals surface area (Å²) in [6, 6.07) is 5.25. The van der Waals surface area contributed by atoms with E-state index in [0.717, 1.165) is 10.5 Å². The number of esters is 1. The van der Waals surface area contributed by atoms with E-state index in [9.17, 15) is 14.4 Å². The van der Waals surface area contributed by atoms with Gasteiger partial charge in [-0.15, -0.1) is 0 Å². The smallest absolute Gasteiger partial charge is 0.331 e. The maximum absolute atomic E-state index is 11.7. The molecule has 2 heterocycles. The molecular weight excluding hydrogens is 302 g/mol. The molecule has 0 aromatic heterocycles. The van der Waals surface area contributed by atoms with E-state index in [2.05, 4.69) is 0 Å². The van der Waals surface area contributed by atoms with Crippen molar-refractivity contribution in [1.29, 1.82) is 0 Å². The Morgan fingerprint density at radius 1 is 1.26 bits per heavy atom. The van der Waals surface area contributed by atoms with Gasteiger partial charge in [-0.05, 0) is 30.2 Å². The summed E-state index contributed by atoms with van der Waals surface area (Å²) in [4.78, 5) is 35.9. The molecule has 0 atom stereocenters. The maximum Gasteiger partial charge on any atom is 0.331 e. The van der Waals surface area contributed by atoms with Gasteiger partial charge < -0.3 is 14.2 Å². The lowest BCUT2D eigenvalue weighted by molar-refractivity contribution is -0.151. The molecule has 0 bridgehead atoms. The van der Waals surface area contributed by atoms with Crippen molar-refractivity contribution >= 4 is 23.9 Å². The molecule has 0 unspecified atom stereocenters. The highest BCUT2D eigenvalue weighted by Crippen LogP contribution is 2.32. The molecule has 0 aliphatic carbocycles. The third-order valence-electron chi connectivity index (χ3n) is 3.52. The second-order valence-corrected chi connectivity index (χ2v) is 5.10. The number of likely N-dealkylation sites (tertiary alicyclic amines) is 1. The number of benzene rings is 1. The van der Waals surface area contributed by atoms with Gasteiger partial charge in [0.25, 0.3) is 5.91 Å². The van der Waals surface area contributed by atoms with Crippen molar-refractivity contribution < 1.29 is 28.6 Å². The van der Waals surface area contributed by atoms with Crippen molar-refractivity contribution in [2.24, 2.45) is 0 Å². The van der Waals surface area contributed by atoms with Crippen LogP contribution in [0.2, 0.25) is 0 Å². The van der Waals surface area contributed by atoms with E-state index in [1.165, 1.54) is 6.08 Å². The van der Waals surface area contributed by atoms with Gasteiger partial charge in [-0.25, -0.2) is 4.79 Å². The van der Waals surface area contributed by atoms with E-state index >= 15 is 0 Å². The Hall–Kier alpha value is -2.83. The van der Waals surface area contributed by atoms with Crippen LogP contribution in [-0.2, 0) is 19.1 Å². The minimum atomic E-state index is -0.650. The molecule has 120 valence electrons. The van der Waals surface area contributed by atoms with Crippen molar-refractivity contribution in [3.05, 3.63) is 29.8 Å². The first-order valence-corrected chi connectivity index (χ1v) is 7.21. The Labute approximate surface area is 132 Å². The second-order valence-electron chi connectivity index (χ2n) is 5.10. The Bertz CT molecular complexity index is 681. The summed E-state index contributed by atoms with van der Waals surface area (Å²) < 4.78 is 15.3. The van der Waals surface area contributed by atoms with Crippen LogP contribution in [0.25, 0.3) is 6.08 Å². The molecule has 7 heteroatoms. The van der Waals surface area contributed by atoms with E-state index in [0.29, 0.717) is 30.9 Å². The van der Waals surface area contributed by atoms with E-state index in [4.69, 9.17) is 14.2 Å². The number of hydrogen-bond acceptors (Lipinski definition) is 6. The van der Waals surface area contributed by atoms with Crippen molar-refractivity contribution in [3.8, 4) is 11.5 Å². The lowest BCUT2D eigenvalue weighted by Crippen LogP contribution is -2.35. The fraction of sp³-hybridized carbons (Fsp3) is 0.312. The van der Waals surface area contributed by atoms with Crippen molar-refractivity contribution in [1.82, 2.24) is 4.90 Å². The van der Waals surface area contributed by atoms with Crippen LogP contribution in [0.1, 0.15) is 18.4 Å². The molecule has 2 aliphatic rings. The minimum Gasteiger partial charge on any atom is -0.454 e. The SMILES string of the molecule is O=C(C=Cc1ccc2c(c1)OCO2)OCC(=O)N1CCCC1=O. The fourth-order valence-electron chi connectivity index (χ4n) is 2.35. The molecule has 0 N–H and O–H groups in total. The van der Waals surface area contributed by atoms with Crippen LogP contribution in [0, 0.1) is 0 Å². The van der Waals surface area contributed by atoms with Crippen LogP contribution in [0.5, 0.6) is 11.5 Å². The highest BCUT2D eigenvalue weighted by Gasteiger charge is 2.26. The summed E-state index contributed by atoms with van der Waals surface area (Å²) in [5, 5.41) is 0. The van der Waals surface area contributed by atoms with E-state index in [1.54, 1.807) is 24.3 Å². The number of amides is 2. The van der Waals surface area contributed by atoms with E-state index in [1.807, 2.05) is 0 Å². The van der Waals surface area contributed by atoms with Gasteiger partial charge in [-0.3, -0.25) is 14.5 Å². The first kappa shape index (κ1) is 15.1. The number of nitrogens with zero attached hydrogens (tertiary/aromatic N) is 1. The topological polar surface area (TPSA) is 82.1 Å². The zero-order valence-electron chi connectivity index (χ0n) is 12.3. The zero-order valence-corrected chi connectivity index (χ0v) is 12.3. The first-order valence-electron chi connectivity index (χ1n) is 7.21. The highest BCUT2D eigenvalue weighted by atomic mass is 16.7. The van der Waals surface area contributed by atoms with Gasteiger partial charge in [0.15, 0.2) is 18.1 Å². The molecular formula is C16H15NO6. The van der Waals surface area contributed by atoms with Gasteiger partial charge in [0, 0.05) is 19.0 Å². The van der Waals surface area contributed by atoms with E-state index < -0.39 is 18.5 Å². The maximum atomic E-state index is 11.7. The molecule has 3 rings (SSSR count). The van der Waals surface area contributed by atoms with Crippen LogP contribution >= 0.6 is 0 Å². The van der Waals surface area contributed by atoms with Crippen LogP contribution in [0.3, 0.4) is 0 Å². The highest BCUT2D eigenvalue weighted by molar-refractivity contribution is 5.98. The zero-order chi connectivity index (χ0) is 16.2. The van der Waals surface area contributed by atoms with Gasteiger partial charge in [0.05, 0.1) is 0 Å². The van der Waals surface area contributed by atoms with Crippen molar-refractivity contribution in [3.63, 3.8) is 0 Å². The molecule has 0 spiro atoms. The summed E-state index contributed by atoms with van der Waals surface area (Å²) in [7, 11) is 0. The van der Waals surface area contributed by atoms with E-state index in [-0.39, 0.29) is 12.7 Å². The lowest BCUT2D eigenvalue weighted by Gasteiger charge is -2.12. The average Bonchev–Trinajstić information content (AvgIpc) is 3.18. The van der Waals surface area contributed by atoms with Gasteiger partial charge >= 0.3 is 5.97 Å². The molecule has 7 nitrogen and oxygen atoms in total. The van der Waals surface area contributed by atoms with Gasteiger partial charge in [0.2, 0.25) is 12.7 Å². The van der Waals surface area contributed by atoms with Crippen LogP contribution < -0.4 is 9.47 Å². The number of imide groups is 1. The molecule has 2 aliphatic heterocycles. The van der Waals surface area contributed by atoms with Crippen LogP contribution in [0.15, 0.2) is 24.3 Å². The number of fused-ring (bicyclic) bond motifs is 1. The first-order chi connectivity index (χ1) is 11.1. The quantitative estimate of drug-likeness (QED) is 0.611. The molecule has 0 saturated carbocycles. The average molecular weight is 317 g/mol. The third kappa shape index (κ3) is 3.50. The van der Waals surface area contributed by atoms with Crippen LogP contribution in [-0.4, -0.2) is 42.6 Å². The summed E-state index contributed by atoms with van der Waals surface area (Å²) >= 11 is 0. The number of rotatable bonds is 4. The normalized spacial score (nSPS) is 16.2. The largest absolute Gasteiger partial charge is 0.454 e. The predicted octanol–water partition coefficient (Wildman–Crippen LogP) is 1.12. The van der Waals surface area contributed by atoms with Gasteiger partial charge in [0.1, 0.15) is 0 Å². The Morgan fingerprint density at radius 2 is 2.09 bits per heavy atom. The Morgan fingerprint density at radius 3 is 2.87 bits per heavy atom. The third-order valence-corrected chi connectivity index (χ3v) is 3.52. The van der Waals surface area contributed by atoms with Gasteiger partial charge in [-0.2, -0.15) is 0 Å². The fourth-order valence-corrected chi connectivity index (χ4v) is 2.35. The van der Waals surface area contributed by atoms with Crippen molar-refractivity contribution in [2.75, 3.05) is 19.9 Å². The Kier molecular flexibility index (Phi) is 4.27. The molecule has 1 aromatic carbocycles. The van der Waals surface area contributed by atoms with Crippen molar-refractivity contribution in [2.45, 2.75) is 12.8 Å². The number of hydrogen-bond donors (Lipinski definition) is 0. The lowest BCUT2D eigenvalue weighted by atomic mass is 10.2.